The van der Waals surface area contributed by atoms with Gasteiger partial charge in [-0.3, -0.25) is 9.59 Å². The Balaban J connectivity index is 1.68. The first kappa shape index (κ1) is 28.7. The highest BCUT2D eigenvalue weighted by atomic mass is 19.4. The maximum Gasteiger partial charge on any atom is 0.471 e. The third kappa shape index (κ3) is 7.34. The van der Waals surface area contributed by atoms with Crippen molar-refractivity contribution in [3.63, 3.8) is 0 Å². The highest BCUT2D eigenvalue weighted by Crippen LogP contribution is 2.23. The summed E-state index contributed by atoms with van der Waals surface area (Å²) in [6.45, 7) is 1.82. The summed E-state index contributed by atoms with van der Waals surface area (Å²) in [5, 5.41) is 14.6. The number of hydrogen-bond acceptors (Lipinski definition) is 6. The topological polar surface area (TPSA) is 114 Å². The largest absolute Gasteiger partial charge is 0.471 e. The van der Waals surface area contributed by atoms with E-state index in [-0.39, 0.29) is 0 Å². The number of hydrogen-bond donors (Lipinski definition) is 3. The van der Waals surface area contributed by atoms with E-state index >= 15 is 0 Å². The molecule has 3 rings (SSSR count). The first-order valence-electron chi connectivity index (χ1n) is 12.0. The number of benzene rings is 2. The lowest BCUT2D eigenvalue weighted by Gasteiger charge is -2.34. The van der Waals surface area contributed by atoms with Gasteiger partial charge in [0.25, 0.3) is 5.91 Å². The van der Waals surface area contributed by atoms with E-state index < -0.39 is 54.0 Å². The number of carbonyl (C=O) groups is 3. The molecule has 1 unspecified atom stereocenters. The number of aliphatic hydroxyl groups is 1. The summed E-state index contributed by atoms with van der Waals surface area (Å²) < 4.78 is 48.3. The second-order valence-electron chi connectivity index (χ2n) is 8.76. The number of esters is 1. The number of aliphatic hydroxyl groups excluding tert-OH is 1. The highest BCUT2D eigenvalue weighted by molar-refractivity contribution is 5.90. The summed E-state index contributed by atoms with van der Waals surface area (Å²) in [4.78, 5) is 36.5. The van der Waals surface area contributed by atoms with E-state index in [1.165, 1.54) is 0 Å². The quantitative estimate of drug-likeness (QED) is 0.427. The minimum atomic E-state index is -5.25. The Kier molecular flexibility index (Phi) is 9.51. The Morgan fingerprint density at radius 3 is 2.26 bits per heavy atom. The predicted molar refractivity (Wildman–Crippen MR) is 131 cm³/mol. The predicted octanol–water partition coefficient (Wildman–Crippen LogP) is 3.04. The lowest BCUT2D eigenvalue weighted by Crippen LogP contribution is -2.61. The van der Waals surface area contributed by atoms with Crippen molar-refractivity contribution in [3.8, 4) is 11.1 Å². The molecule has 2 amide bonds. The van der Waals surface area contributed by atoms with Gasteiger partial charge in [-0.15, -0.1) is 0 Å². The van der Waals surface area contributed by atoms with Crippen molar-refractivity contribution in [2.45, 2.75) is 56.7 Å². The molecular formula is C27H29F3N2O6. The zero-order valence-corrected chi connectivity index (χ0v) is 20.8. The Labute approximate surface area is 217 Å². The van der Waals surface area contributed by atoms with E-state index in [1.807, 2.05) is 61.5 Å². The van der Waals surface area contributed by atoms with E-state index in [2.05, 4.69) is 10.1 Å². The van der Waals surface area contributed by atoms with Crippen molar-refractivity contribution in [1.82, 2.24) is 10.6 Å². The molecule has 0 spiro atoms. The van der Waals surface area contributed by atoms with Gasteiger partial charge in [0.1, 0.15) is 12.1 Å². The minimum absolute atomic E-state index is 0.400. The number of aryl methyl sites for hydroxylation is 1. The average Bonchev–Trinajstić information content (AvgIpc) is 2.91. The normalized spacial score (nSPS) is 19.9. The van der Waals surface area contributed by atoms with Gasteiger partial charge in [0.2, 0.25) is 5.76 Å². The first-order valence-corrected chi connectivity index (χ1v) is 12.0. The van der Waals surface area contributed by atoms with Gasteiger partial charge < -0.3 is 25.2 Å². The van der Waals surface area contributed by atoms with Gasteiger partial charge in [-0.05, 0) is 42.0 Å². The third-order valence-electron chi connectivity index (χ3n) is 6.15. The fraction of sp³-hybridized carbons (Fsp3) is 0.370. The van der Waals surface area contributed by atoms with Crippen LogP contribution in [0.5, 0.6) is 0 Å². The maximum absolute atomic E-state index is 13.1. The second kappa shape index (κ2) is 12.6. The Bertz CT molecular complexity index is 1150. The molecule has 0 aromatic heterocycles. The number of halogens is 3. The van der Waals surface area contributed by atoms with Crippen LogP contribution in [0.25, 0.3) is 11.1 Å². The van der Waals surface area contributed by atoms with Crippen molar-refractivity contribution in [3.05, 3.63) is 72.0 Å². The Morgan fingerprint density at radius 1 is 1.05 bits per heavy atom. The summed E-state index contributed by atoms with van der Waals surface area (Å²) in [5.74, 6) is -4.83. The Hall–Kier alpha value is -3.86. The SMILES string of the molecule is CCC(CCc1ccc(-c2ccccc2)cc1)NC(=O)[C@@H]1OC(C(=O)OC)=C[C@@H](O)[C@H]1NC(=O)C(F)(F)F. The summed E-state index contributed by atoms with van der Waals surface area (Å²) in [5.41, 5.74) is 3.16. The molecule has 0 aliphatic carbocycles. The molecule has 0 saturated carbocycles. The molecular weight excluding hydrogens is 505 g/mol. The zero-order chi connectivity index (χ0) is 27.9. The molecule has 0 fully saturated rings. The van der Waals surface area contributed by atoms with Gasteiger partial charge in [0.15, 0.2) is 6.10 Å². The molecule has 1 heterocycles. The standard InChI is InChI=1S/C27H29F3N2O6/c1-3-19(14-11-16-9-12-18(13-10-16)17-7-5-4-6-8-17)31-24(34)23-22(32-26(36)27(28,29)30)20(33)15-21(38-23)25(35)37-2/h4-10,12-13,15,19-20,22-23,33H,3,11,14H2,1-2H3,(H,31,34)(H,32,36)/t19?,20-,22-,23-/m1/s1. The van der Waals surface area contributed by atoms with Crippen molar-refractivity contribution in [2.24, 2.45) is 0 Å². The first-order chi connectivity index (χ1) is 18.0. The van der Waals surface area contributed by atoms with Crippen LogP contribution < -0.4 is 10.6 Å². The van der Waals surface area contributed by atoms with Gasteiger partial charge in [0, 0.05) is 6.04 Å². The molecule has 204 valence electrons. The second-order valence-corrected chi connectivity index (χ2v) is 8.76. The molecule has 3 N–H and O–H groups in total. The number of methoxy groups -OCH3 is 1. The molecule has 11 heteroatoms. The maximum atomic E-state index is 13.1. The van der Waals surface area contributed by atoms with E-state index in [0.717, 1.165) is 29.9 Å². The fourth-order valence-corrected chi connectivity index (χ4v) is 4.01. The van der Waals surface area contributed by atoms with E-state index in [1.54, 1.807) is 5.32 Å². The Morgan fingerprint density at radius 2 is 1.68 bits per heavy atom. The number of rotatable bonds is 9. The number of ether oxygens (including phenoxy) is 2. The third-order valence-corrected chi connectivity index (χ3v) is 6.15. The van der Waals surface area contributed by atoms with Crippen LogP contribution >= 0.6 is 0 Å². The average molecular weight is 535 g/mol. The van der Waals surface area contributed by atoms with Crippen molar-refractivity contribution in [1.29, 1.82) is 0 Å². The van der Waals surface area contributed by atoms with E-state index in [9.17, 15) is 32.7 Å². The van der Waals surface area contributed by atoms with E-state index in [4.69, 9.17) is 4.74 Å². The summed E-state index contributed by atoms with van der Waals surface area (Å²) in [6, 6.07) is 15.6. The number of nitrogens with one attached hydrogen (secondary N) is 2. The van der Waals surface area contributed by atoms with Crippen molar-refractivity contribution < 1.29 is 42.1 Å². The van der Waals surface area contributed by atoms with Gasteiger partial charge in [-0.25, -0.2) is 4.79 Å². The van der Waals surface area contributed by atoms with Crippen LogP contribution in [-0.2, 0) is 30.3 Å². The number of carbonyl (C=O) groups excluding carboxylic acids is 3. The lowest BCUT2D eigenvalue weighted by molar-refractivity contribution is -0.177. The van der Waals surface area contributed by atoms with Gasteiger partial charge >= 0.3 is 18.1 Å². The molecule has 0 radical (unpaired) electrons. The van der Waals surface area contributed by atoms with E-state index in [0.29, 0.717) is 19.3 Å². The minimum Gasteiger partial charge on any atom is -0.471 e. The molecule has 4 atom stereocenters. The lowest BCUT2D eigenvalue weighted by atomic mass is 9.97. The highest BCUT2D eigenvalue weighted by Gasteiger charge is 2.47. The molecule has 38 heavy (non-hydrogen) atoms. The van der Waals surface area contributed by atoms with Crippen LogP contribution in [0, 0.1) is 0 Å². The van der Waals surface area contributed by atoms with Gasteiger partial charge in [-0.2, -0.15) is 13.2 Å². The molecule has 2 aromatic rings. The zero-order valence-electron chi connectivity index (χ0n) is 20.8. The molecule has 8 nitrogen and oxygen atoms in total. The number of alkyl halides is 3. The summed E-state index contributed by atoms with van der Waals surface area (Å²) in [6.07, 6.45) is -6.51. The fourth-order valence-electron chi connectivity index (χ4n) is 4.01. The molecule has 1 aliphatic heterocycles. The van der Waals surface area contributed by atoms with Crippen LogP contribution in [0.3, 0.4) is 0 Å². The van der Waals surface area contributed by atoms with Gasteiger partial charge in [0.05, 0.1) is 7.11 Å². The molecule has 1 aliphatic rings. The molecule has 0 bridgehead atoms. The number of amides is 2. The monoisotopic (exact) mass is 534 g/mol. The molecule has 2 aromatic carbocycles. The summed E-state index contributed by atoms with van der Waals surface area (Å²) in [7, 11) is 1.03. The van der Waals surface area contributed by atoms with Crippen LogP contribution in [0.15, 0.2) is 66.4 Å². The van der Waals surface area contributed by atoms with Crippen LogP contribution in [0.4, 0.5) is 13.2 Å². The molecule has 0 saturated heterocycles. The summed E-state index contributed by atoms with van der Waals surface area (Å²) >= 11 is 0. The van der Waals surface area contributed by atoms with Crippen molar-refractivity contribution in [2.75, 3.05) is 7.11 Å². The van der Waals surface area contributed by atoms with Crippen LogP contribution in [0.1, 0.15) is 25.3 Å². The van der Waals surface area contributed by atoms with Crippen LogP contribution in [0.2, 0.25) is 0 Å². The van der Waals surface area contributed by atoms with Gasteiger partial charge in [-0.1, -0.05) is 61.5 Å². The smallest absolute Gasteiger partial charge is 0.471 e. The van der Waals surface area contributed by atoms with Crippen LogP contribution in [-0.4, -0.2) is 60.5 Å². The van der Waals surface area contributed by atoms with Crippen molar-refractivity contribution >= 4 is 17.8 Å².